The molecular weight excluding hydrogens is 253 g/mol. The molecule has 0 N–H and O–H groups in total. The Morgan fingerprint density at radius 3 is 2.41 bits per heavy atom. The molecule has 1 heterocycles. The van der Waals surface area contributed by atoms with Gasteiger partial charge in [0.15, 0.2) is 5.69 Å². The molecule has 0 aromatic carbocycles. The zero-order valence-electron chi connectivity index (χ0n) is 9.30. The maximum Gasteiger partial charge on any atom is 0.435 e. The Labute approximate surface area is 103 Å². The molecular formula is C11H14ClF3N2. The molecule has 0 amide bonds. The molecule has 17 heavy (non-hydrogen) atoms. The van der Waals surface area contributed by atoms with Crippen LogP contribution in [0.3, 0.4) is 0 Å². The fraction of sp³-hybridized carbons (Fsp3) is 0.727. The molecule has 0 unspecified atom stereocenters. The Hall–Kier alpha value is -0.710. The summed E-state index contributed by atoms with van der Waals surface area (Å²) in [5.41, 5.74) is -0.761. The van der Waals surface area contributed by atoms with Gasteiger partial charge < -0.3 is 0 Å². The fourth-order valence-electron chi connectivity index (χ4n) is 2.30. The fourth-order valence-corrected chi connectivity index (χ4v) is 2.49. The van der Waals surface area contributed by atoms with E-state index < -0.39 is 11.9 Å². The number of aromatic nitrogens is 2. The van der Waals surface area contributed by atoms with Crippen molar-refractivity contribution in [2.24, 2.45) is 0 Å². The van der Waals surface area contributed by atoms with Crippen LogP contribution in [0.25, 0.3) is 0 Å². The van der Waals surface area contributed by atoms with Crippen molar-refractivity contribution in [1.29, 1.82) is 0 Å². The summed E-state index contributed by atoms with van der Waals surface area (Å²) < 4.78 is 39.5. The topological polar surface area (TPSA) is 17.8 Å². The van der Waals surface area contributed by atoms with Gasteiger partial charge in [-0.2, -0.15) is 18.3 Å². The lowest BCUT2D eigenvalue weighted by Crippen LogP contribution is -2.15. The van der Waals surface area contributed by atoms with E-state index in [1.165, 1.54) is 10.9 Å². The third-order valence-corrected chi connectivity index (χ3v) is 3.46. The van der Waals surface area contributed by atoms with E-state index in [-0.39, 0.29) is 17.5 Å². The Morgan fingerprint density at radius 2 is 1.94 bits per heavy atom. The molecule has 1 aliphatic rings. The monoisotopic (exact) mass is 266 g/mol. The molecule has 0 aliphatic heterocycles. The Bertz CT molecular complexity index is 381. The number of alkyl halides is 4. The van der Waals surface area contributed by atoms with Crippen LogP contribution in [0.1, 0.15) is 49.4 Å². The van der Waals surface area contributed by atoms with Crippen molar-refractivity contribution in [2.45, 2.75) is 50.2 Å². The normalized spacial score (nSPS) is 18.6. The van der Waals surface area contributed by atoms with Gasteiger partial charge in [-0.05, 0) is 12.8 Å². The molecule has 0 radical (unpaired) electrons. The summed E-state index contributed by atoms with van der Waals surface area (Å²) in [5, 5.41) is 3.68. The van der Waals surface area contributed by atoms with E-state index in [2.05, 4.69) is 5.10 Å². The lowest BCUT2D eigenvalue weighted by atomic mass is 9.96. The van der Waals surface area contributed by atoms with Gasteiger partial charge in [0.1, 0.15) is 0 Å². The molecule has 1 aliphatic carbocycles. The number of nitrogens with zero attached hydrogens (tertiary/aromatic N) is 2. The van der Waals surface area contributed by atoms with E-state index in [1.54, 1.807) is 0 Å². The van der Waals surface area contributed by atoms with E-state index in [9.17, 15) is 13.2 Å². The van der Waals surface area contributed by atoms with Gasteiger partial charge in [0.2, 0.25) is 0 Å². The van der Waals surface area contributed by atoms with Crippen molar-refractivity contribution in [1.82, 2.24) is 9.78 Å². The molecule has 2 nitrogen and oxygen atoms in total. The molecule has 0 atom stereocenters. The third kappa shape index (κ3) is 2.76. The van der Waals surface area contributed by atoms with E-state index in [0.717, 1.165) is 32.1 Å². The van der Waals surface area contributed by atoms with Crippen LogP contribution >= 0.6 is 11.6 Å². The molecule has 0 saturated heterocycles. The standard InChI is InChI=1S/C11H14ClF3N2/c12-6-8-7-17(9-4-2-1-3-5-9)16-10(8)11(13,14)15/h7,9H,1-6H2. The molecule has 1 aromatic rings. The van der Waals surface area contributed by atoms with Crippen LogP contribution in [0.4, 0.5) is 13.2 Å². The maximum atomic E-state index is 12.7. The zero-order valence-corrected chi connectivity index (χ0v) is 10.1. The van der Waals surface area contributed by atoms with Crippen LogP contribution < -0.4 is 0 Å². The second-order valence-electron chi connectivity index (χ2n) is 4.41. The van der Waals surface area contributed by atoms with E-state index >= 15 is 0 Å². The van der Waals surface area contributed by atoms with Crippen molar-refractivity contribution in [2.75, 3.05) is 0 Å². The minimum absolute atomic E-state index is 0.0738. The van der Waals surface area contributed by atoms with Crippen LogP contribution in [0.2, 0.25) is 0 Å². The van der Waals surface area contributed by atoms with Crippen molar-refractivity contribution >= 4 is 11.6 Å². The average Bonchev–Trinajstić information content (AvgIpc) is 2.74. The highest BCUT2D eigenvalue weighted by molar-refractivity contribution is 6.17. The van der Waals surface area contributed by atoms with Gasteiger partial charge in [-0.1, -0.05) is 19.3 Å². The summed E-state index contributed by atoms with van der Waals surface area (Å²) in [5.74, 6) is -0.151. The smallest absolute Gasteiger partial charge is 0.269 e. The SMILES string of the molecule is FC(F)(F)c1nn(C2CCCCC2)cc1CCl. The molecule has 96 valence electrons. The first-order valence-corrected chi connectivity index (χ1v) is 6.27. The first kappa shape index (κ1) is 12.7. The number of rotatable bonds is 2. The minimum atomic E-state index is -4.41. The van der Waals surface area contributed by atoms with Crippen molar-refractivity contribution in [3.8, 4) is 0 Å². The van der Waals surface area contributed by atoms with Gasteiger partial charge in [0.05, 0.1) is 11.9 Å². The highest BCUT2D eigenvalue weighted by Gasteiger charge is 2.37. The average molecular weight is 267 g/mol. The van der Waals surface area contributed by atoms with Gasteiger partial charge in [0.25, 0.3) is 0 Å². The van der Waals surface area contributed by atoms with Gasteiger partial charge in [0, 0.05) is 11.8 Å². The Kier molecular flexibility index (Phi) is 3.66. The van der Waals surface area contributed by atoms with E-state index in [1.807, 2.05) is 0 Å². The zero-order chi connectivity index (χ0) is 12.5. The molecule has 1 fully saturated rings. The lowest BCUT2D eigenvalue weighted by Gasteiger charge is -2.21. The van der Waals surface area contributed by atoms with Gasteiger partial charge in [-0.15, -0.1) is 11.6 Å². The van der Waals surface area contributed by atoms with Crippen LogP contribution in [-0.2, 0) is 12.1 Å². The van der Waals surface area contributed by atoms with Gasteiger partial charge >= 0.3 is 6.18 Å². The summed E-state index contributed by atoms with van der Waals surface area (Å²) in [4.78, 5) is 0. The van der Waals surface area contributed by atoms with Crippen LogP contribution in [-0.4, -0.2) is 9.78 Å². The summed E-state index contributed by atoms with van der Waals surface area (Å²) in [6.07, 6.45) is 2.12. The molecule has 0 spiro atoms. The third-order valence-electron chi connectivity index (χ3n) is 3.17. The summed E-state index contributed by atoms with van der Waals surface area (Å²) >= 11 is 5.54. The second kappa shape index (κ2) is 4.88. The summed E-state index contributed by atoms with van der Waals surface area (Å²) in [6.45, 7) is 0. The number of hydrogen-bond acceptors (Lipinski definition) is 1. The van der Waals surface area contributed by atoms with Crippen molar-refractivity contribution in [3.63, 3.8) is 0 Å². The summed E-state index contributed by atoms with van der Waals surface area (Å²) in [6, 6.07) is 0.0989. The minimum Gasteiger partial charge on any atom is -0.269 e. The highest BCUT2D eigenvalue weighted by atomic mass is 35.5. The molecule has 1 saturated carbocycles. The Balaban J connectivity index is 2.27. The van der Waals surface area contributed by atoms with Crippen LogP contribution in [0.5, 0.6) is 0 Å². The Morgan fingerprint density at radius 1 is 1.29 bits per heavy atom. The largest absolute Gasteiger partial charge is 0.435 e. The molecule has 1 aromatic heterocycles. The second-order valence-corrected chi connectivity index (χ2v) is 4.67. The maximum absolute atomic E-state index is 12.7. The first-order chi connectivity index (χ1) is 8.02. The molecule has 6 heteroatoms. The van der Waals surface area contributed by atoms with Crippen molar-refractivity contribution in [3.05, 3.63) is 17.5 Å². The lowest BCUT2D eigenvalue weighted by molar-refractivity contribution is -0.142. The van der Waals surface area contributed by atoms with E-state index in [4.69, 9.17) is 11.6 Å². The van der Waals surface area contributed by atoms with Crippen LogP contribution in [0.15, 0.2) is 6.20 Å². The summed E-state index contributed by atoms with van der Waals surface area (Å²) in [7, 11) is 0. The van der Waals surface area contributed by atoms with E-state index in [0.29, 0.717) is 0 Å². The molecule has 2 rings (SSSR count). The van der Waals surface area contributed by atoms with Crippen LogP contribution in [0, 0.1) is 0 Å². The molecule has 0 bridgehead atoms. The van der Waals surface area contributed by atoms with Crippen molar-refractivity contribution < 1.29 is 13.2 Å². The van der Waals surface area contributed by atoms with Gasteiger partial charge in [-0.25, -0.2) is 0 Å². The first-order valence-electron chi connectivity index (χ1n) is 5.73. The predicted molar refractivity (Wildman–Crippen MR) is 58.9 cm³/mol. The van der Waals surface area contributed by atoms with Gasteiger partial charge in [-0.3, -0.25) is 4.68 Å². The number of hydrogen-bond donors (Lipinski definition) is 0. The predicted octanol–water partition coefficient (Wildman–Crippen LogP) is 4.15. The quantitative estimate of drug-likeness (QED) is 0.736. The number of halogens is 4. The highest BCUT2D eigenvalue weighted by Crippen LogP contribution is 2.34.